The highest BCUT2D eigenvalue weighted by molar-refractivity contribution is 8.14. The van der Waals surface area contributed by atoms with E-state index in [9.17, 15) is 13.2 Å². The summed E-state index contributed by atoms with van der Waals surface area (Å²) >= 11 is 0. The van der Waals surface area contributed by atoms with E-state index < -0.39 is 20.7 Å². The summed E-state index contributed by atoms with van der Waals surface area (Å²) in [6.07, 6.45) is 0. The smallest absolute Gasteiger partial charge is 0.241 e. The van der Waals surface area contributed by atoms with Crippen molar-refractivity contribution >= 4 is 25.6 Å². The molecule has 1 fully saturated rings. The van der Waals surface area contributed by atoms with Crippen molar-refractivity contribution in [1.82, 2.24) is 9.80 Å². The van der Waals surface area contributed by atoms with Gasteiger partial charge < -0.3 is 9.80 Å². The number of rotatable bonds is 3. The van der Waals surface area contributed by atoms with Gasteiger partial charge in [0.15, 0.2) is 0 Å². The number of halogens is 1. The van der Waals surface area contributed by atoms with Crippen molar-refractivity contribution in [3.8, 4) is 0 Å². The molecule has 1 aliphatic rings. The molecular weight excluding hydrogens is 240 g/mol. The molecule has 1 saturated heterocycles. The Balaban J connectivity index is 2.43. The van der Waals surface area contributed by atoms with Gasteiger partial charge in [-0.05, 0) is 6.54 Å². The van der Waals surface area contributed by atoms with Gasteiger partial charge in [-0.3, -0.25) is 4.79 Å². The van der Waals surface area contributed by atoms with Crippen LogP contribution in [0, 0.1) is 0 Å². The van der Waals surface area contributed by atoms with E-state index in [0.29, 0.717) is 13.1 Å². The lowest BCUT2D eigenvalue weighted by Crippen LogP contribution is -2.49. The summed E-state index contributed by atoms with van der Waals surface area (Å²) in [5.74, 6) is -0.999. The Morgan fingerprint density at radius 1 is 1.27 bits per heavy atom. The molecule has 0 unspecified atom stereocenters. The summed E-state index contributed by atoms with van der Waals surface area (Å²) in [5, 5.41) is 0. The Bertz CT molecular complexity index is 323. The number of carbonyl (C=O) groups excluding carboxylic acids is 1. The molecule has 1 rings (SSSR count). The molecular formula is C8H15ClN2O3S. The van der Waals surface area contributed by atoms with Crippen molar-refractivity contribution in [2.24, 2.45) is 0 Å². The highest BCUT2D eigenvalue weighted by Gasteiger charge is 2.23. The largest absolute Gasteiger partial charge is 0.339 e. The first-order valence-corrected chi connectivity index (χ1v) is 7.32. The van der Waals surface area contributed by atoms with Crippen molar-refractivity contribution in [1.29, 1.82) is 0 Å². The molecule has 0 aromatic rings. The summed E-state index contributed by atoms with van der Waals surface area (Å²) < 4.78 is 21.4. The Hall–Kier alpha value is -0.330. The molecule has 0 aromatic heterocycles. The van der Waals surface area contributed by atoms with Crippen molar-refractivity contribution in [2.75, 3.05) is 38.5 Å². The van der Waals surface area contributed by atoms with E-state index >= 15 is 0 Å². The van der Waals surface area contributed by atoms with Crippen LogP contribution >= 0.6 is 10.7 Å². The van der Waals surface area contributed by atoms with Gasteiger partial charge in [-0.25, -0.2) is 8.42 Å². The van der Waals surface area contributed by atoms with Crippen LogP contribution in [0.4, 0.5) is 0 Å². The first-order chi connectivity index (χ1) is 6.92. The number of carbonyl (C=O) groups is 1. The molecule has 0 spiro atoms. The maximum atomic E-state index is 11.5. The van der Waals surface area contributed by atoms with Gasteiger partial charge in [-0.15, -0.1) is 0 Å². The van der Waals surface area contributed by atoms with E-state index in [2.05, 4.69) is 11.8 Å². The molecule has 1 heterocycles. The highest BCUT2D eigenvalue weighted by Crippen LogP contribution is 2.04. The number of piperazine rings is 1. The minimum Gasteiger partial charge on any atom is -0.339 e. The molecule has 1 amide bonds. The first-order valence-electron chi connectivity index (χ1n) is 4.85. The molecule has 15 heavy (non-hydrogen) atoms. The maximum Gasteiger partial charge on any atom is 0.241 e. The maximum absolute atomic E-state index is 11.5. The summed E-state index contributed by atoms with van der Waals surface area (Å²) in [6, 6.07) is 0. The number of hydrogen-bond acceptors (Lipinski definition) is 4. The molecule has 5 nitrogen and oxygen atoms in total. The molecule has 0 aliphatic carbocycles. The Morgan fingerprint density at radius 3 is 2.20 bits per heavy atom. The molecule has 0 N–H and O–H groups in total. The number of hydrogen-bond donors (Lipinski definition) is 0. The zero-order chi connectivity index (χ0) is 11.5. The summed E-state index contributed by atoms with van der Waals surface area (Å²) in [7, 11) is 1.29. The van der Waals surface area contributed by atoms with Crippen LogP contribution in [0.15, 0.2) is 0 Å². The van der Waals surface area contributed by atoms with E-state index in [1.165, 1.54) is 0 Å². The lowest BCUT2D eigenvalue weighted by molar-refractivity contribution is -0.130. The van der Waals surface area contributed by atoms with Gasteiger partial charge in [-0.2, -0.15) is 0 Å². The average molecular weight is 255 g/mol. The van der Waals surface area contributed by atoms with Crippen LogP contribution in [0.1, 0.15) is 6.92 Å². The van der Waals surface area contributed by atoms with E-state index in [1.54, 1.807) is 4.90 Å². The standard InChI is InChI=1S/C8H15ClN2O3S/c1-2-10-3-5-11(6-4-10)8(12)7-15(9,13)14/h2-7H2,1H3. The zero-order valence-electron chi connectivity index (χ0n) is 8.65. The summed E-state index contributed by atoms with van der Waals surface area (Å²) in [4.78, 5) is 15.2. The van der Waals surface area contributed by atoms with Crippen molar-refractivity contribution < 1.29 is 13.2 Å². The SMILES string of the molecule is CCN1CCN(C(=O)CS(=O)(=O)Cl)CC1. The third kappa shape index (κ3) is 4.36. The van der Waals surface area contributed by atoms with Gasteiger partial charge >= 0.3 is 0 Å². The van der Waals surface area contributed by atoms with Gasteiger partial charge in [0.05, 0.1) is 0 Å². The Morgan fingerprint density at radius 2 is 1.80 bits per heavy atom. The predicted molar refractivity (Wildman–Crippen MR) is 58.3 cm³/mol. The number of likely N-dealkylation sites (N-methyl/N-ethyl adjacent to an activating group) is 1. The van der Waals surface area contributed by atoms with Crippen LogP contribution in [-0.2, 0) is 13.8 Å². The third-order valence-electron chi connectivity index (χ3n) is 2.47. The second kappa shape index (κ2) is 5.14. The van der Waals surface area contributed by atoms with Crippen LogP contribution in [0.25, 0.3) is 0 Å². The second-order valence-corrected chi connectivity index (χ2v) is 6.28. The monoisotopic (exact) mass is 254 g/mol. The third-order valence-corrected chi connectivity index (χ3v) is 3.39. The normalized spacial score (nSPS) is 19.2. The average Bonchev–Trinajstić information content (AvgIpc) is 2.15. The molecule has 0 atom stereocenters. The van der Waals surface area contributed by atoms with E-state index in [0.717, 1.165) is 19.6 Å². The van der Waals surface area contributed by atoms with Crippen LogP contribution in [0.2, 0.25) is 0 Å². The quantitative estimate of drug-likeness (QED) is 0.650. The minimum atomic E-state index is -3.72. The van der Waals surface area contributed by atoms with Crippen LogP contribution in [0.3, 0.4) is 0 Å². The van der Waals surface area contributed by atoms with Crippen molar-refractivity contribution in [3.63, 3.8) is 0 Å². The van der Waals surface area contributed by atoms with Crippen LogP contribution < -0.4 is 0 Å². The minimum absolute atomic E-state index is 0.402. The van der Waals surface area contributed by atoms with Gasteiger partial charge in [0, 0.05) is 36.9 Å². The van der Waals surface area contributed by atoms with Crippen LogP contribution in [0.5, 0.6) is 0 Å². The zero-order valence-corrected chi connectivity index (χ0v) is 10.2. The lowest BCUT2D eigenvalue weighted by Gasteiger charge is -2.33. The van der Waals surface area contributed by atoms with E-state index in [-0.39, 0.29) is 0 Å². The molecule has 1 aliphatic heterocycles. The molecule has 0 bridgehead atoms. The van der Waals surface area contributed by atoms with Gasteiger partial charge in [-0.1, -0.05) is 6.92 Å². The van der Waals surface area contributed by atoms with E-state index in [4.69, 9.17) is 10.7 Å². The fourth-order valence-electron chi connectivity index (χ4n) is 1.55. The molecule has 7 heteroatoms. The Kier molecular flexibility index (Phi) is 4.36. The van der Waals surface area contributed by atoms with Gasteiger partial charge in [0.2, 0.25) is 15.0 Å². The summed E-state index contributed by atoms with van der Waals surface area (Å²) in [5.41, 5.74) is 0. The molecule has 0 saturated carbocycles. The number of amides is 1. The molecule has 0 radical (unpaired) electrons. The van der Waals surface area contributed by atoms with Gasteiger partial charge in [0.1, 0.15) is 5.75 Å². The van der Waals surface area contributed by atoms with E-state index in [1.807, 2.05) is 0 Å². The molecule has 0 aromatic carbocycles. The fourth-order valence-corrected chi connectivity index (χ4v) is 2.31. The first kappa shape index (κ1) is 12.7. The second-order valence-electron chi connectivity index (χ2n) is 3.50. The predicted octanol–water partition coefficient (Wildman–Crippen LogP) is -0.281. The van der Waals surface area contributed by atoms with Gasteiger partial charge in [0.25, 0.3) is 0 Å². The lowest BCUT2D eigenvalue weighted by atomic mass is 10.3. The Labute approximate surface area is 94.4 Å². The van der Waals surface area contributed by atoms with Crippen molar-refractivity contribution in [3.05, 3.63) is 0 Å². The summed E-state index contributed by atoms with van der Waals surface area (Å²) in [6.45, 7) is 5.77. The highest BCUT2D eigenvalue weighted by atomic mass is 35.7. The topological polar surface area (TPSA) is 57.7 Å². The fraction of sp³-hybridized carbons (Fsp3) is 0.875. The van der Waals surface area contributed by atoms with Crippen LogP contribution in [-0.4, -0.2) is 62.6 Å². The van der Waals surface area contributed by atoms with Crippen molar-refractivity contribution in [2.45, 2.75) is 6.92 Å². The molecule has 88 valence electrons. The number of nitrogens with zero attached hydrogens (tertiary/aromatic N) is 2.